The van der Waals surface area contributed by atoms with Gasteiger partial charge in [0.15, 0.2) is 16.4 Å². The predicted molar refractivity (Wildman–Crippen MR) is 93.8 cm³/mol. The number of carbonyl (C=O) groups excluding carboxylic acids is 2. The standard InChI is InChI=1S/C12H19NO19S3.4Na/c14-2-4(13-33(20,21)22)8(17)9(6(16)3-29-34(23,24)25)31-12-10(32-35(26,27)28)5(15)1-7(30-12)11(18)19;;;;/h1-2,4-6,8-10,12-13,15-17H,3H2,(H,18,19)(H,20,21,22)(H,23,24,25)(H,26,27,28);;;;/q;4*+1/p-4/t4-,5-,6+,8+,9?,10+,12-;;;;/m0..../s1. The Morgan fingerprint density at radius 1 is 1.05 bits per heavy atom. The summed E-state index contributed by atoms with van der Waals surface area (Å²) in [4.78, 5) is 22.2. The molecule has 0 bridgehead atoms. The Labute approximate surface area is 310 Å². The van der Waals surface area contributed by atoms with E-state index in [1.165, 1.54) is 0 Å². The number of hydrogen-bond acceptors (Lipinski definition) is 19. The molecule has 0 saturated carbocycles. The maximum absolute atomic E-state index is 11.2. The van der Waals surface area contributed by atoms with Crippen LogP contribution in [0.4, 0.5) is 0 Å². The van der Waals surface area contributed by atoms with E-state index in [0.717, 1.165) is 4.72 Å². The Kier molecular flexibility index (Phi) is 24.9. The van der Waals surface area contributed by atoms with Crippen LogP contribution in [-0.2, 0) is 58.5 Å². The summed E-state index contributed by atoms with van der Waals surface area (Å²) in [5.74, 6) is -3.44. The molecule has 27 heteroatoms. The van der Waals surface area contributed by atoms with Crippen LogP contribution in [0.3, 0.4) is 0 Å². The summed E-state index contributed by atoms with van der Waals surface area (Å²) in [6.07, 6.45) is -15.5. The third kappa shape index (κ3) is 18.5. The van der Waals surface area contributed by atoms with Gasteiger partial charge >= 0.3 is 118 Å². The smallest absolute Gasteiger partial charge is 0.735 e. The number of carboxylic acid groups (broad SMARTS) is 1. The number of nitrogens with one attached hydrogen (secondary N) is 1. The van der Waals surface area contributed by atoms with Gasteiger partial charge in [-0.25, -0.2) is 30.0 Å². The molecule has 20 nitrogen and oxygen atoms in total. The van der Waals surface area contributed by atoms with Gasteiger partial charge in [0.1, 0.15) is 48.5 Å². The van der Waals surface area contributed by atoms with Crippen molar-refractivity contribution in [2.75, 3.05) is 6.61 Å². The van der Waals surface area contributed by atoms with Crippen molar-refractivity contribution in [1.82, 2.24) is 4.72 Å². The molecule has 1 rings (SSSR count). The molecule has 0 spiro atoms. The summed E-state index contributed by atoms with van der Waals surface area (Å²) in [6.45, 7) is -1.59. The second kappa shape index (κ2) is 20.2. The predicted octanol–water partition coefficient (Wildman–Crippen LogP) is -19.6. The number of carboxylic acids is 1. The monoisotopic (exact) mass is 665 g/mol. The molecule has 0 radical (unpaired) electrons. The normalized spacial score (nSPS) is 22.4. The first-order chi connectivity index (χ1) is 15.7. The number of aliphatic hydroxyl groups is 3. The zero-order valence-electron chi connectivity index (χ0n) is 20.5. The summed E-state index contributed by atoms with van der Waals surface area (Å²) < 4.78 is 116. The summed E-state index contributed by atoms with van der Waals surface area (Å²) in [5, 5.41) is 41.3. The minimum absolute atomic E-state index is 0. The average Bonchev–Trinajstić information content (AvgIpc) is 2.67. The molecule has 1 aliphatic rings. The quantitative estimate of drug-likeness (QED) is 0.0579. The molecular formula is C12H15NNa4O19S3. The topological polar surface area (TPSA) is 338 Å². The van der Waals surface area contributed by atoms with E-state index < -0.39 is 98.6 Å². The zero-order valence-corrected chi connectivity index (χ0v) is 31.0. The molecule has 1 heterocycles. The van der Waals surface area contributed by atoms with Crippen LogP contribution in [0.2, 0.25) is 0 Å². The minimum atomic E-state index is -5.70. The third-order valence-electron chi connectivity index (χ3n) is 3.79. The summed E-state index contributed by atoms with van der Waals surface area (Å²) in [7, 11) is -16.7. The van der Waals surface area contributed by atoms with Gasteiger partial charge in [0.05, 0.1) is 6.61 Å². The molecule has 0 saturated heterocycles. The van der Waals surface area contributed by atoms with Crippen LogP contribution in [0.15, 0.2) is 11.8 Å². The fraction of sp³-hybridized carbons (Fsp3) is 0.667. The molecule has 0 fully saturated rings. The van der Waals surface area contributed by atoms with Gasteiger partial charge in [-0.3, -0.25) is 8.37 Å². The number of ether oxygens (including phenoxy) is 2. The summed E-state index contributed by atoms with van der Waals surface area (Å²) in [6, 6.07) is -2.48. The van der Waals surface area contributed by atoms with Crippen LogP contribution in [0.5, 0.6) is 0 Å². The van der Waals surface area contributed by atoms with Crippen LogP contribution in [0.1, 0.15) is 0 Å². The first-order valence-electron chi connectivity index (χ1n) is 8.46. The van der Waals surface area contributed by atoms with Crippen LogP contribution in [-0.4, -0.2) is 116 Å². The van der Waals surface area contributed by atoms with Crippen molar-refractivity contribution in [3.63, 3.8) is 0 Å². The first-order valence-corrected chi connectivity index (χ1v) is 12.5. The summed E-state index contributed by atoms with van der Waals surface area (Å²) >= 11 is 0. The summed E-state index contributed by atoms with van der Waals surface area (Å²) in [5.41, 5.74) is 0. The van der Waals surface area contributed by atoms with E-state index in [1.807, 2.05) is 0 Å². The number of aliphatic hydroxyl groups excluding tert-OH is 3. The van der Waals surface area contributed by atoms with E-state index in [0.29, 0.717) is 0 Å². The van der Waals surface area contributed by atoms with Gasteiger partial charge in [-0.05, 0) is 6.08 Å². The number of rotatable bonds is 14. The van der Waals surface area contributed by atoms with Crippen LogP contribution >= 0.6 is 0 Å². The van der Waals surface area contributed by atoms with E-state index in [1.54, 1.807) is 0 Å². The van der Waals surface area contributed by atoms with E-state index >= 15 is 0 Å². The molecule has 204 valence electrons. The minimum Gasteiger partial charge on any atom is -0.735 e. The van der Waals surface area contributed by atoms with Crippen LogP contribution in [0, 0.1) is 0 Å². The van der Waals surface area contributed by atoms with Gasteiger partial charge in [-0.2, -0.15) is 0 Å². The van der Waals surface area contributed by atoms with Gasteiger partial charge < -0.3 is 53.1 Å². The molecule has 0 aromatic rings. The number of carbonyl (C=O) groups is 2. The molecule has 0 aliphatic carbocycles. The second-order valence-electron chi connectivity index (χ2n) is 6.35. The van der Waals surface area contributed by atoms with Crippen molar-refractivity contribution in [3.8, 4) is 0 Å². The van der Waals surface area contributed by atoms with Crippen molar-refractivity contribution in [1.29, 1.82) is 0 Å². The van der Waals surface area contributed by atoms with E-state index in [9.17, 15) is 68.9 Å². The van der Waals surface area contributed by atoms with E-state index in [-0.39, 0.29) is 124 Å². The maximum Gasteiger partial charge on any atom is 1.00 e. The van der Waals surface area contributed by atoms with Gasteiger partial charge in [0, 0.05) is 0 Å². The molecular weight excluding hydrogens is 650 g/mol. The molecule has 1 aliphatic heterocycles. The van der Waals surface area contributed by atoms with Gasteiger partial charge in [-0.1, -0.05) is 0 Å². The number of hydrogen-bond donors (Lipinski definition) is 4. The first kappa shape index (κ1) is 48.0. The molecule has 0 aromatic carbocycles. The maximum atomic E-state index is 11.2. The number of aliphatic carboxylic acids is 1. The fourth-order valence-corrected chi connectivity index (χ4v) is 3.76. The van der Waals surface area contributed by atoms with Gasteiger partial charge in [-0.15, -0.1) is 0 Å². The molecule has 39 heavy (non-hydrogen) atoms. The molecule has 7 atom stereocenters. The van der Waals surface area contributed by atoms with E-state index in [4.69, 9.17) is 4.74 Å². The molecule has 1 unspecified atom stereocenters. The van der Waals surface area contributed by atoms with Crippen molar-refractivity contribution >= 4 is 43.4 Å². The Morgan fingerprint density at radius 3 is 1.95 bits per heavy atom. The SMILES string of the molecule is O=C[C@H](NS(=O)(=O)[O-])[C@@H](O)C(O[C@@H]1OC(C(=O)[O-])=C[C@H](O)[C@H]1OS(=O)(=O)[O-])[C@H](O)COS(=O)(=O)[O-].[Na+].[Na+].[Na+].[Na+]. The number of aldehydes is 1. The van der Waals surface area contributed by atoms with Crippen molar-refractivity contribution < 1.29 is 205 Å². The largest absolute Gasteiger partial charge is 1.00 e. The van der Waals surface area contributed by atoms with Gasteiger partial charge in [0.2, 0.25) is 27.1 Å². The Hall–Kier alpha value is 2.13. The average molecular weight is 665 g/mol. The van der Waals surface area contributed by atoms with Crippen molar-refractivity contribution in [2.45, 2.75) is 42.9 Å². The molecule has 4 N–H and O–H groups in total. The second-order valence-corrected chi connectivity index (χ2v) is 9.55. The van der Waals surface area contributed by atoms with Crippen molar-refractivity contribution in [3.05, 3.63) is 11.8 Å². The molecule has 0 aromatic heterocycles. The fourth-order valence-electron chi connectivity index (χ4n) is 2.45. The Balaban J connectivity index is -0.00000153. The zero-order chi connectivity index (χ0) is 27.4. The Morgan fingerprint density at radius 2 is 1.56 bits per heavy atom. The molecule has 0 amide bonds. The van der Waals surface area contributed by atoms with Crippen LogP contribution in [0.25, 0.3) is 0 Å². The van der Waals surface area contributed by atoms with Crippen molar-refractivity contribution in [2.24, 2.45) is 0 Å². The third-order valence-corrected chi connectivity index (χ3v) is 5.23. The van der Waals surface area contributed by atoms with Crippen LogP contribution < -0.4 is 128 Å². The van der Waals surface area contributed by atoms with Gasteiger partial charge in [0.25, 0.3) is 0 Å². The Bertz CT molecular complexity index is 1130. The van der Waals surface area contributed by atoms with E-state index in [2.05, 4.69) is 13.1 Å².